The second-order valence-electron chi connectivity index (χ2n) is 3.23. The number of aromatic nitrogens is 2. The third-order valence-corrected chi connectivity index (χ3v) is 2.18. The molecule has 0 aliphatic carbocycles. The molecule has 15 heavy (non-hydrogen) atoms. The van der Waals surface area contributed by atoms with Gasteiger partial charge in [0.1, 0.15) is 11.5 Å². The molecule has 0 aliphatic rings. The fraction of sp³-hybridized carbons (Fsp3) is 0.200. The smallest absolute Gasteiger partial charge is 0.211 e. The maximum atomic E-state index is 12.9. The number of nitrogens with two attached hydrogens (primary N) is 1. The molecule has 78 valence electrons. The molecular formula is C10H10FN3O. The SMILES string of the molecule is NCCc1n[nH]c2ccc(F)cc2c1=O. The van der Waals surface area contributed by atoms with Gasteiger partial charge in [-0.25, -0.2) is 4.39 Å². The maximum Gasteiger partial charge on any atom is 0.211 e. The van der Waals surface area contributed by atoms with Crippen LogP contribution in [0.15, 0.2) is 23.0 Å². The van der Waals surface area contributed by atoms with E-state index in [1.54, 1.807) is 0 Å². The van der Waals surface area contributed by atoms with Crippen molar-refractivity contribution in [2.24, 2.45) is 5.73 Å². The molecule has 0 bridgehead atoms. The molecule has 0 radical (unpaired) electrons. The van der Waals surface area contributed by atoms with Crippen LogP contribution in [0.25, 0.3) is 10.9 Å². The van der Waals surface area contributed by atoms with Crippen LogP contribution in [0.1, 0.15) is 5.69 Å². The highest BCUT2D eigenvalue weighted by Gasteiger charge is 2.06. The Hall–Kier alpha value is -1.75. The number of hydrogen-bond acceptors (Lipinski definition) is 3. The first-order valence-corrected chi connectivity index (χ1v) is 4.59. The Morgan fingerprint density at radius 2 is 2.27 bits per heavy atom. The molecule has 2 aromatic rings. The molecular weight excluding hydrogens is 197 g/mol. The first kappa shape index (κ1) is 9.79. The lowest BCUT2D eigenvalue weighted by molar-refractivity contribution is 0.629. The molecule has 0 amide bonds. The summed E-state index contributed by atoms with van der Waals surface area (Å²) in [6, 6.07) is 3.98. The second kappa shape index (κ2) is 3.78. The second-order valence-corrected chi connectivity index (χ2v) is 3.23. The largest absolute Gasteiger partial charge is 0.330 e. The number of fused-ring (bicyclic) bond motifs is 1. The van der Waals surface area contributed by atoms with Gasteiger partial charge in [0.05, 0.1) is 10.9 Å². The minimum Gasteiger partial charge on any atom is -0.330 e. The Morgan fingerprint density at radius 1 is 1.47 bits per heavy atom. The van der Waals surface area contributed by atoms with Gasteiger partial charge in [0.2, 0.25) is 5.43 Å². The van der Waals surface area contributed by atoms with E-state index in [0.717, 1.165) is 0 Å². The zero-order chi connectivity index (χ0) is 10.8. The van der Waals surface area contributed by atoms with E-state index < -0.39 is 5.82 Å². The van der Waals surface area contributed by atoms with Gasteiger partial charge in [0.25, 0.3) is 0 Å². The lowest BCUT2D eigenvalue weighted by Gasteiger charge is -2.00. The zero-order valence-corrected chi connectivity index (χ0v) is 7.96. The van der Waals surface area contributed by atoms with E-state index in [1.807, 2.05) is 0 Å². The topological polar surface area (TPSA) is 71.8 Å². The van der Waals surface area contributed by atoms with Gasteiger partial charge in [-0.1, -0.05) is 0 Å². The van der Waals surface area contributed by atoms with Crippen LogP contribution in [-0.4, -0.2) is 16.7 Å². The standard InChI is InChI=1S/C10H10FN3O/c11-6-1-2-8-7(5-6)10(15)9(3-4-12)14-13-8/h1-2,5H,3-4,12H2,(H,13,15). The Labute approximate surface area is 84.9 Å². The summed E-state index contributed by atoms with van der Waals surface area (Å²) in [6.45, 7) is 0.344. The van der Waals surface area contributed by atoms with Crippen molar-refractivity contribution in [3.8, 4) is 0 Å². The van der Waals surface area contributed by atoms with E-state index in [9.17, 15) is 9.18 Å². The number of nitrogens with one attached hydrogen (secondary N) is 1. The van der Waals surface area contributed by atoms with E-state index in [4.69, 9.17) is 5.73 Å². The average molecular weight is 207 g/mol. The Morgan fingerprint density at radius 3 is 3.00 bits per heavy atom. The van der Waals surface area contributed by atoms with Gasteiger partial charge in [-0.05, 0) is 24.7 Å². The molecule has 4 nitrogen and oxygen atoms in total. The molecule has 0 saturated heterocycles. The molecule has 0 spiro atoms. The van der Waals surface area contributed by atoms with Crippen LogP contribution >= 0.6 is 0 Å². The zero-order valence-electron chi connectivity index (χ0n) is 7.96. The van der Waals surface area contributed by atoms with Crippen LogP contribution in [-0.2, 0) is 6.42 Å². The molecule has 0 unspecified atom stereocenters. The number of rotatable bonds is 2. The van der Waals surface area contributed by atoms with Crippen LogP contribution in [0, 0.1) is 5.82 Å². The normalized spacial score (nSPS) is 10.8. The Balaban J connectivity index is 2.71. The van der Waals surface area contributed by atoms with Crippen LogP contribution in [0.4, 0.5) is 4.39 Å². The van der Waals surface area contributed by atoms with Crippen LogP contribution in [0.5, 0.6) is 0 Å². The number of nitrogens with zero attached hydrogens (tertiary/aromatic N) is 1. The molecule has 5 heteroatoms. The highest BCUT2D eigenvalue weighted by Crippen LogP contribution is 2.08. The number of H-pyrrole nitrogens is 1. The van der Waals surface area contributed by atoms with Crippen LogP contribution in [0.3, 0.4) is 0 Å². The van der Waals surface area contributed by atoms with Crippen molar-refractivity contribution in [3.05, 3.63) is 39.9 Å². The summed E-state index contributed by atoms with van der Waals surface area (Å²) in [5.41, 5.74) is 5.95. The van der Waals surface area contributed by atoms with Crippen molar-refractivity contribution in [2.45, 2.75) is 6.42 Å². The molecule has 0 aliphatic heterocycles. The monoisotopic (exact) mass is 207 g/mol. The predicted octanol–water partition coefficient (Wildman–Crippen LogP) is 0.563. The summed E-state index contributed by atoms with van der Waals surface area (Å²) < 4.78 is 12.9. The van der Waals surface area contributed by atoms with Gasteiger partial charge in [0.15, 0.2) is 0 Å². The van der Waals surface area contributed by atoms with Gasteiger partial charge in [-0.15, -0.1) is 0 Å². The fourth-order valence-electron chi connectivity index (χ4n) is 1.44. The molecule has 0 saturated carbocycles. The average Bonchev–Trinajstić information content (AvgIpc) is 2.23. The summed E-state index contributed by atoms with van der Waals surface area (Å²) in [5, 5.41) is 6.90. The maximum absolute atomic E-state index is 12.9. The molecule has 1 aromatic carbocycles. The molecule has 2 rings (SSSR count). The van der Waals surface area contributed by atoms with Crippen molar-refractivity contribution in [2.75, 3.05) is 6.54 Å². The highest BCUT2D eigenvalue weighted by molar-refractivity contribution is 5.77. The minimum absolute atomic E-state index is 0.256. The van der Waals surface area contributed by atoms with Crippen molar-refractivity contribution in [1.29, 1.82) is 0 Å². The number of halogens is 1. The summed E-state index contributed by atoms with van der Waals surface area (Å²) in [6.07, 6.45) is 0.391. The molecule has 0 fully saturated rings. The first-order valence-electron chi connectivity index (χ1n) is 4.59. The molecule has 1 heterocycles. The summed E-state index contributed by atoms with van der Waals surface area (Å²) in [5.74, 6) is -0.433. The Bertz CT molecular complexity index is 550. The van der Waals surface area contributed by atoms with Crippen LogP contribution in [0.2, 0.25) is 0 Å². The van der Waals surface area contributed by atoms with Crippen molar-refractivity contribution in [3.63, 3.8) is 0 Å². The number of aromatic amines is 1. The Kier molecular flexibility index (Phi) is 2.47. The van der Waals surface area contributed by atoms with Gasteiger partial charge in [-0.2, -0.15) is 5.10 Å². The van der Waals surface area contributed by atoms with E-state index in [-0.39, 0.29) is 5.43 Å². The molecule has 3 N–H and O–H groups in total. The van der Waals surface area contributed by atoms with Crippen molar-refractivity contribution < 1.29 is 4.39 Å². The van der Waals surface area contributed by atoms with Crippen molar-refractivity contribution in [1.82, 2.24) is 10.2 Å². The van der Waals surface area contributed by atoms with Gasteiger partial charge in [0, 0.05) is 6.42 Å². The number of hydrogen-bond donors (Lipinski definition) is 2. The van der Waals surface area contributed by atoms with E-state index in [1.165, 1.54) is 18.2 Å². The summed E-state index contributed by atoms with van der Waals surface area (Å²) in [4.78, 5) is 11.8. The molecule has 1 aromatic heterocycles. The first-order chi connectivity index (χ1) is 7.22. The van der Waals surface area contributed by atoms with Gasteiger partial charge < -0.3 is 5.73 Å². The van der Waals surface area contributed by atoms with E-state index in [2.05, 4.69) is 10.2 Å². The van der Waals surface area contributed by atoms with Crippen molar-refractivity contribution >= 4 is 10.9 Å². The van der Waals surface area contributed by atoms with Gasteiger partial charge in [-0.3, -0.25) is 9.89 Å². The van der Waals surface area contributed by atoms with Gasteiger partial charge >= 0.3 is 0 Å². The fourth-order valence-corrected chi connectivity index (χ4v) is 1.44. The predicted molar refractivity (Wildman–Crippen MR) is 55.1 cm³/mol. The lowest BCUT2D eigenvalue weighted by Crippen LogP contribution is -2.17. The highest BCUT2D eigenvalue weighted by atomic mass is 19.1. The molecule has 0 atom stereocenters. The van der Waals surface area contributed by atoms with E-state index >= 15 is 0 Å². The number of benzene rings is 1. The third kappa shape index (κ3) is 1.73. The summed E-state index contributed by atoms with van der Waals surface area (Å²) >= 11 is 0. The minimum atomic E-state index is -0.433. The van der Waals surface area contributed by atoms with Crippen LogP contribution < -0.4 is 11.2 Å². The quantitative estimate of drug-likeness (QED) is 0.756. The van der Waals surface area contributed by atoms with E-state index in [0.29, 0.717) is 29.6 Å². The summed E-state index contributed by atoms with van der Waals surface area (Å²) in [7, 11) is 0. The third-order valence-electron chi connectivity index (χ3n) is 2.18. The lowest BCUT2D eigenvalue weighted by atomic mass is 10.2.